The average Bonchev–Trinajstić information content (AvgIpc) is 3.00. The second kappa shape index (κ2) is 8.22. The summed E-state index contributed by atoms with van der Waals surface area (Å²) in [5, 5.41) is 0.663. The molecule has 1 saturated heterocycles. The van der Waals surface area contributed by atoms with Gasteiger partial charge in [-0.15, -0.1) is 0 Å². The van der Waals surface area contributed by atoms with Crippen LogP contribution < -0.4 is 0 Å². The molecule has 0 bridgehead atoms. The molecule has 2 aromatic carbocycles. The first-order chi connectivity index (χ1) is 14.3. The molecule has 1 fully saturated rings. The van der Waals surface area contributed by atoms with Crippen LogP contribution in [0.1, 0.15) is 48.2 Å². The zero-order valence-corrected chi connectivity index (χ0v) is 19.1. The second-order valence-electron chi connectivity index (χ2n) is 8.39. The molecular formula is C24H26ClN3OS. The van der Waals surface area contributed by atoms with Crippen LogP contribution in [0.2, 0.25) is 5.02 Å². The van der Waals surface area contributed by atoms with Crippen LogP contribution in [0.15, 0.2) is 53.5 Å². The highest BCUT2D eigenvalue weighted by Crippen LogP contribution is 2.38. The normalized spacial score (nSPS) is 18.9. The molecule has 0 N–H and O–H groups in total. The van der Waals surface area contributed by atoms with E-state index >= 15 is 0 Å². The van der Waals surface area contributed by atoms with Crippen LogP contribution >= 0.6 is 23.8 Å². The molecule has 1 amide bonds. The Bertz CT molecular complexity index is 990. The minimum Gasteiger partial charge on any atom is -0.301 e. The number of hydrogen-bond donors (Lipinski definition) is 0. The molecule has 0 atom stereocenters. The third-order valence-electron chi connectivity index (χ3n) is 6.09. The average molecular weight is 440 g/mol. The lowest BCUT2D eigenvalue weighted by atomic mass is 9.94. The van der Waals surface area contributed by atoms with Crippen LogP contribution in [0.3, 0.4) is 0 Å². The molecule has 0 radical (unpaired) electrons. The molecule has 4 rings (SSSR count). The van der Waals surface area contributed by atoms with E-state index in [1.54, 1.807) is 4.90 Å². The lowest BCUT2D eigenvalue weighted by Gasteiger charge is -2.43. The molecule has 2 aromatic rings. The topological polar surface area (TPSA) is 35.9 Å². The molecule has 156 valence electrons. The largest absolute Gasteiger partial charge is 0.301 e. The molecule has 2 aliphatic rings. The third-order valence-corrected chi connectivity index (χ3v) is 6.72. The van der Waals surface area contributed by atoms with Crippen molar-refractivity contribution in [3.05, 3.63) is 70.2 Å². The molecule has 4 nitrogen and oxygen atoms in total. The van der Waals surface area contributed by atoms with Gasteiger partial charge in [-0.3, -0.25) is 14.7 Å². The lowest BCUT2D eigenvalue weighted by Crippen LogP contribution is -2.56. The number of halogens is 1. The smallest absolute Gasteiger partial charge is 0.260 e. The molecule has 0 unspecified atom stereocenters. The highest BCUT2D eigenvalue weighted by Gasteiger charge is 2.50. The summed E-state index contributed by atoms with van der Waals surface area (Å²) in [5.74, 6) is -0.0780. The van der Waals surface area contributed by atoms with Gasteiger partial charge in [0.05, 0.1) is 0 Å². The number of nitrogens with zero attached hydrogens (tertiary/aromatic N) is 3. The van der Waals surface area contributed by atoms with Crippen molar-refractivity contribution in [3.8, 4) is 0 Å². The van der Waals surface area contributed by atoms with Gasteiger partial charge in [0.1, 0.15) is 16.4 Å². The molecule has 6 heteroatoms. The number of carbonyl (C=O) groups is 1. The standard InChI is InChI=1S/C24H26ClN3OS/c1-16(2)27-14-12-24(13-15-27)26-21(18-8-10-20(25)11-9-18)23(30)28(24)22(29)19-6-4-17(3)5-7-19/h4-11,16H,12-15H2,1-3H3. The van der Waals surface area contributed by atoms with Crippen LogP contribution in [0.4, 0.5) is 0 Å². The zero-order chi connectivity index (χ0) is 21.5. The summed E-state index contributed by atoms with van der Waals surface area (Å²) >= 11 is 11.9. The van der Waals surface area contributed by atoms with Crippen molar-refractivity contribution in [2.75, 3.05) is 13.1 Å². The number of carbonyl (C=O) groups excluding carboxylic acids is 1. The number of thiocarbonyl (C=S) groups is 1. The first-order valence-corrected chi connectivity index (χ1v) is 11.1. The van der Waals surface area contributed by atoms with E-state index in [2.05, 4.69) is 18.7 Å². The van der Waals surface area contributed by atoms with E-state index in [9.17, 15) is 4.79 Å². The highest BCUT2D eigenvalue weighted by molar-refractivity contribution is 7.82. The van der Waals surface area contributed by atoms with Crippen LogP contribution in [-0.2, 0) is 0 Å². The van der Waals surface area contributed by atoms with E-state index in [1.807, 2.05) is 55.5 Å². The third kappa shape index (κ3) is 3.82. The fourth-order valence-electron chi connectivity index (χ4n) is 4.24. The summed E-state index contributed by atoms with van der Waals surface area (Å²) in [6.07, 6.45) is 1.53. The van der Waals surface area contributed by atoms with E-state index in [4.69, 9.17) is 28.8 Å². The molecule has 1 spiro atoms. The van der Waals surface area contributed by atoms with Crippen molar-refractivity contribution < 1.29 is 4.79 Å². The first-order valence-electron chi connectivity index (χ1n) is 10.4. The Morgan fingerprint density at radius 2 is 1.67 bits per heavy atom. The summed E-state index contributed by atoms with van der Waals surface area (Å²) in [4.78, 5) is 23.4. The molecule has 0 aliphatic carbocycles. The number of likely N-dealkylation sites (tertiary alicyclic amines) is 1. The SMILES string of the molecule is Cc1ccc(C(=O)N2C(=S)C(c3ccc(Cl)cc3)=NC23CCN(C(C)C)CC3)cc1. The van der Waals surface area contributed by atoms with Crippen LogP contribution in [0.25, 0.3) is 0 Å². The summed E-state index contributed by atoms with van der Waals surface area (Å²) in [6, 6.07) is 15.6. The van der Waals surface area contributed by atoms with E-state index in [1.165, 1.54) is 0 Å². The van der Waals surface area contributed by atoms with Crippen LogP contribution in [-0.4, -0.2) is 51.2 Å². The number of aryl methyl sites for hydroxylation is 1. The number of benzene rings is 2. The van der Waals surface area contributed by atoms with Crippen molar-refractivity contribution in [2.45, 2.75) is 45.3 Å². The van der Waals surface area contributed by atoms with Crippen LogP contribution in [0, 0.1) is 6.92 Å². The molecular weight excluding hydrogens is 414 g/mol. The van der Waals surface area contributed by atoms with Gasteiger partial charge in [0.25, 0.3) is 5.91 Å². The molecule has 30 heavy (non-hydrogen) atoms. The Hall–Kier alpha value is -2.08. The molecule has 0 aromatic heterocycles. The number of piperidine rings is 1. The number of rotatable bonds is 3. The van der Waals surface area contributed by atoms with E-state index in [-0.39, 0.29) is 5.91 Å². The molecule has 2 aliphatic heterocycles. The van der Waals surface area contributed by atoms with Gasteiger partial charge >= 0.3 is 0 Å². The van der Waals surface area contributed by atoms with Gasteiger partial charge < -0.3 is 4.90 Å². The zero-order valence-electron chi connectivity index (χ0n) is 17.6. The maximum absolute atomic E-state index is 13.6. The maximum atomic E-state index is 13.6. The number of aliphatic imine (C=N–C) groups is 1. The van der Waals surface area contributed by atoms with Crippen molar-refractivity contribution in [1.82, 2.24) is 9.80 Å². The van der Waals surface area contributed by atoms with Gasteiger partial charge in [-0.05, 0) is 45.0 Å². The summed E-state index contributed by atoms with van der Waals surface area (Å²) in [7, 11) is 0. The van der Waals surface area contributed by atoms with Crippen molar-refractivity contribution >= 4 is 40.4 Å². The minimum absolute atomic E-state index is 0.0780. The van der Waals surface area contributed by atoms with Crippen molar-refractivity contribution in [3.63, 3.8) is 0 Å². The Morgan fingerprint density at radius 1 is 1.07 bits per heavy atom. The van der Waals surface area contributed by atoms with Gasteiger partial charge in [0.15, 0.2) is 0 Å². The number of amides is 1. The fourth-order valence-corrected chi connectivity index (χ4v) is 4.78. The number of hydrogen-bond acceptors (Lipinski definition) is 4. The monoisotopic (exact) mass is 439 g/mol. The van der Waals surface area contributed by atoms with Crippen LogP contribution in [0.5, 0.6) is 0 Å². The first kappa shape index (κ1) is 21.2. The minimum atomic E-state index is -0.626. The quantitative estimate of drug-likeness (QED) is 0.622. The molecule has 0 saturated carbocycles. The lowest BCUT2D eigenvalue weighted by molar-refractivity contribution is 0.0482. The van der Waals surface area contributed by atoms with Gasteiger partial charge in [-0.2, -0.15) is 0 Å². The van der Waals surface area contributed by atoms with E-state index in [0.717, 1.165) is 37.1 Å². The van der Waals surface area contributed by atoms with E-state index in [0.29, 0.717) is 27.3 Å². The Kier molecular flexibility index (Phi) is 5.80. The van der Waals surface area contributed by atoms with Gasteiger partial charge in [0, 0.05) is 48.1 Å². The Labute approximate surface area is 188 Å². The Morgan fingerprint density at radius 3 is 2.23 bits per heavy atom. The highest BCUT2D eigenvalue weighted by atomic mass is 35.5. The van der Waals surface area contributed by atoms with Gasteiger partial charge in [0.2, 0.25) is 0 Å². The van der Waals surface area contributed by atoms with Gasteiger partial charge in [-0.25, -0.2) is 0 Å². The summed E-state index contributed by atoms with van der Waals surface area (Å²) in [5.41, 5.74) is 2.74. The predicted octanol–water partition coefficient (Wildman–Crippen LogP) is 5.12. The van der Waals surface area contributed by atoms with E-state index < -0.39 is 5.66 Å². The maximum Gasteiger partial charge on any atom is 0.260 e. The Balaban J connectivity index is 1.73. The van der Waals surface area contributed by atoms with Gasteiger partial charge in [-0.1, -0.05) is 53.6 Å². The van der Waals surface area contributed by atoms with Crippen molar-refractivity contribution in [1.29, 1.82) is 0 Å². The molecule has 2 heterocycles. The van der Waals surface area contributed by atoms with Crippen molar-refractivity contribution in [2.24, 2.45) is 4.99 Å². The summed E-state index contributed by atoms with van der Waals surface area (Å²) < 4.78 is 0. The second-order valence-corrected chi connectivity index (χ2v) is 9.21. The predicted molar refractivity (Wildman–Crippen MR) is 127 cm³/mol. The fraction of sp³-hybridized carbons (Fsp3) is 0.375. The summed E-state index contributed by atoms with van der Waals surface area (Å²) in [6.45, 7) is 8.19.